The SMILES string of the molecule is CCC1(C)c2ccc3c(CC(C)(C)C)cccc3c2-c2c3sc4cc5ccccc5cc4c3nc[n+]2C1(C)C. The summed E-state index contributed by atoms with van der Waals surface area (Å²) < 4.78 is 5.11. The van der Waals surface area contributed by atoms with Gasteiger partial charge in [0.15, 0.2) is 5.69 Å². The minimum Gasteiger partial charge on any atom is -0.223 e. The van der Waals surface area contributed by atoms with Gasteiger partial charge in [0.05, 0.1) is 0 Å². The Morgan fingerprint density at radius 1 is 0.846 bits per heavy atom. The van der Waals surface area contributed by atoms with E-state index < -0.39 is 0 Å². The number of rotatable bonds is 2. The molecule has 7 rings (SSSR count). The number of benzene rings is 4. The van der Waals surface area contributed by atoms with Gasteiger partial charge in [-0.2, -0.15) is 0 Å². The molecule has 0 saturated carbocycles. The number of thiophene rings is 1. The molecular weight excluding hydrogens is 492 g/mol. The summed E-state index contributed by atoms with van der Waals surface area (Å²) in [7, 11) is 0. The minimum atomic E-state index is -0.136. The van der Waals surface area contributed by atoms with Gasteiger partial charge in [-0.3, -0.25) is 0 Å². The molecule has 0 saturated heterocycles. The van der Waals surface area contributed by atoms with Crippen LogP contribution in [-0.4, -0.2) is 4.98 Å². The number of nitrogens with zero attached hydrogens (tertiary/aromatic N) is 2. The first kappa shape index (κ1) is 24.7. The van der Waals surface area contributed by atoms with Crippen molar-refractivity contribution in [3.05, 3.63) is 84.2 Å². The van der Waals surface area contributed by atoms with E-state index in [4.69, 9.17) is 4.98 Å². The van der Waals surface area contributed by atoms with Gasteiger partial charge in [-0.05, 0) is 81.9 Å². The fraction of sp³-hybridized carbons (Fsp3) is 0.333. The summed E-state index contributed by atoms with van der Waals surface area (Å²) >= 11 is 1.90. The molecule has 6 aromatic rings. The zero-order valence-electron chi connectivity index (χ0n) is 24.1. The first-order valence-corrected chi connectivity index (χ1v) is 15.1. The van der Waals surface area contributed by atoms with Gasteiger partial charge in [-0.25, -0.2) is 4.57 Å². The quantitative estimate of drug-likeness (QED) is 0.204. The predicted octanol–water partition coefficient (Wildman–Crippen LogP) is 9.72. The molecule has 3 heteroatoms. The van der Waals surface area contributed by atoms with Crippen LogP contribution in [0.25, 0.3) is 53.1 Å². The van der Waals surface area contributed by atoms with Crippen LogP contribution in [0.2, 0.25) is 0 Å². The second-order valence-corrected chi connectivity index (χ2v) is 14.5. The fourth-order valence-electron chi connectivity index (χ4n) is 7.08. The van der Waals surface area contributed by atoms with E-state index in [1.165, 1.54) is 58.7 Å². The van der Waals surface area contributed by atoms with Crippen molar-refractivity contribution in [1.82, 2.24) is 4.98 Å². The molecule has 1 aliphatic heterocycles. The molecule has 196 valence electrons. The van der Waals surface area contributed by atoms with Gasteiger partial charge in [0, 0.05) is 21.1 Å². The third-order valence-corrected chi connectivity index (χ3v) is 10.8. The van der Waals surface area contributed by atoms with E-state index in [0.29, 0.717) is 0 Å². The predicted molar refractivity (Wildman–Crippen MR) is 168 cm³/mol. The highest BCUT2D eigenvalue weighted by molar-refractivity contribution is 7.26. The summed E-state index contributed by atoms with van der Waals surface area (Å²) in [6.45, 7) is 16.6. The molecule has 39 heavy (non-hydrogen) atoms. The van der Waals surface area contributed by atoms with Crippen LogP contribution in [0.15, 0.2) is 73.1 Å². The van der Waals surface area contributed by atoms with Crippen LogP contribution in [0, 0.1) is 5.41 Å². The zero-order valence-corrected chi connectivity index (χ0v) is 25.0. The van der Waals surface area contributed by atoms with Crippen molar-refractivity contribution < 1.29 is 4.57 Å². The molecule has 3 heterocycles. The summed E-state index contributed by atoms with van der Waals surface area (Å²) in [5, 5.41) is 6.57. The lowest BCUT2D eigenvalue weighted by molar-refractivity contribution is -0.761. The maximum atomic E-state index is 5.18. The van der Waals surface area contributed by atoms with Gasteiger partial charge in [-0.1, -0.05) is 89.2 Å². The van der Waals surface area contributed by atoms with Crippen LogP contribution in [0.5, 0.6) is 0 Å². The monoisotopic (exact) mass is 529 g/mol. The summed E-state index contributed by atoms with van der Waals surface area (Å²) in [6.07, 6.45) is 4.25. The Morgan fingerprint density at radius 3 is 2.31 bits per heavy atom. The Bertz CT molecular complexity index is 1950. The van der Waals surface area contributed by atoms with Crippen LogP contribution in [0.3, 0.4) is 0 Å². The van der Waals surface area contributed by atoms with Crippen molar-refractivity contribution in [3.8, 4) is 11.3 Å². The molecule has 1 aliphatic rings. The van der Waals surface area contributed by atoms with E-state index in [-0.39, 0.29) is 16.4 Å². The molecule has 2 nitrogen and oxygen atoms in total. The van der Waals surface area contributed by atoms with Gasteiger partial charge in [0.2, 0.25) is 5.52 Å². The summed E-state index contributed by atoms with van der Waals surface area (Å²) in [4.78, 5) is 5.18. The third-order valence-electron chi connectivity index (χ3n) is 9.65. The minimum absolute atomic E-state index is 0.0328. The van der Waals surface area contributed by atoms with E-state index in [1.54, 1.807) is 0 Å². The number of hydrogen-bond donors (Lipinski definition) is 0. The smallest absolute Gasteiger partial charge is 0.223 e. The lowest BCUT2D eigenvalue weighted by atomic mass is 9.62. The van der Waals surface area contributed by atoms with Crippen LogP contribution in [0.1, 0.15) is 66.0 Å². The Labute approximate surface area is 235 Å². The van der Waals surface area contributed by atoms with Gasteiger partial charge >= 0.3 is 0 Å². The molecule has 4 aromatic carbocycles. The molecule has 1 unspecified atom stereocenters. The van der Waals surface area contributed by atoms with Crippen LogP contribution in [0.4, 0.5) is 0 Å². The normalized spacial score (nSPS) is 18.6. The third kappa shape index (κ3) is 3.38. The standard InChI is InChI=1S/C36H37N2S/c1-8-36(7)28-17-16-25-24(20-34(2,3)4)14-11-15-26(25)30(28)32-33-31(37-21-38(32)35(36,5)6)27-18-22-12-9-10-13-23(22)19-29(27)39-33/h9-19,21H,8,20H2,1-7H3/q+1. The first-order chi connectivity index (χ1) is 18.5. The highest BCUT2D eigenvalue weighted by Crippen LogP contribution is 2.52. The van der Waals surface area contributed by atoms with Gasteiger partial charge < -0.3 is 0 Å². The molecule has 2 aromatic heterocycles. The van der Waals surface area contributed by atoms with Crippen molar-refractivity contribution in [1.29, 1.82) is 0 Å². The number of aromatic nitrogens is 2. The van der Waals surface area contributed by atoms with E-state index in [1.807, 2.05) is 11.3 Å². The Kier molecular flexibility index (Phi) is 5.14. The zero-order chi connectivity index (χ0) is 27.3. The van der Waals surface area contributed by atoms with Crippen LogP contribution in [-0.2, 0) is 17.4 Å². The van der Waals surface area contributed by atoms with E-state index in [2.05, 4.69) is 126 Å². The fourth-order valence-corrected chi connectivity index (χ4v) is 8.31. The van der Waals surface area contributed by atoms with E-state index in [9.17, 15) is 0 Å². The number of hydrogen-bond acceptors (Lipinski definition) is 2. The average Bonchev–Trinajstić information content (AvgIpc) is 3.26. The van der Waals surface area contributed by atoms with Gasteiger partial charge in [-0.15, -0.1) is 11.3 Å². The molecule has 0 spiro atoms. The van der Waals surface area contributed by atoms with Gasteiger partial charge in [0.25, 0.3) is 6.33 Å². The average molecular weight is 530 g/mol. The molecule has 1 atom stereocenters. The second kappa shape index (κ2) is 8.11. The molecule has 0 aliphatic carbocycles. The lowest BCUT2D eigenvalue weighted by Gasteiger charge is -2.47. The molecule has 0 N–H and O–H groups in total. The van der Waals surface area contributed by atoms with Crippen LogP contribution < -0.4 is 4.57 Å². The van der Waals surface area contributed by atoms with Crippen molar-refractivity contribution in [2.24, 2.45) is 5.41 Å². The molecule has 0 radical (unpaired) electrons. The van der Waals surface area contributed by atoms with Crippen molar-refractivity contribution in [2.45, 2.75) is 72.3 Å². The van der Waals surface area contributed by atoms with Gasteiger partial charge in [0.1, 0.15) is 10.2 Å². The highest BCUT2D eigenvalue weighted by atomic mass is 32.1. The maximum absolute atomic E-state index is 5.18. The number of fused-ring (bicyclic) bond motifs is 10. The molecular formula is C36H37N2S+. The first-order valence-electron chi connectivity index (χ1n) is 14.2. The Balaban J connectivity index is 1.65. The van der Waals surface area contributed by atoms with Crippen LogP contribution >= 0.6 is 11.3 Å². The Hall–Kier alpha value is -3.30. The van der Waals surface area contributed by atoms with Crippen molar-refractivity contribution >= 4 is 53.2 Å². The maximum Gasteiger partial charge on any atom is 0.287 e. The molecule has 0 fully saturated rings. The highest BCUT2D eigenvalue weighted by Gasteiger charge is 2.52. The van der Waals surface area contributed by atoms with Crippen molar-refractivity contribution in [3.63, 3.8) is 0 Å². The molecule has 0 amide bonds. The van der Waals surface area contributed by atoms with E-state index in [0.717, 1.165) is 18.4 Å². The summed E-state index contributed by atoms with van der Waals surface area (Å²) in [6, 6.07) is 25.2. The lowest BCUT2D eigenvalue weighted by Crippen LogP contribution is -2.66. The Morgan fingerprint density at radius 2 is 1.59 bits per heavy atom. The topological polar surface area (TPSA) is 16.8 Å². The largest absolute Gasteiger partial charge is 0.287 e. The van der Waals surface area contributed by atoms with E-state index >= 15 is 0 Å². The molecule has 0 bridgehead atoms. The van der Waals surface area contributed by atoms with Crippen molar-refractivity contribution in [2.75, 3.05) is 0 Å². The summed E-state index contributed by atoms with van der Waals surface area (Å²) in [5.41, 5.74) is 6.80. The summed E-state index contributed by atoms with van der Waals surface area (Å²) in [5.74, 6) is 0. The second-order valence-electron chi connectivity index (χ2n) is 13.4.